The number of halogens is 2. The number of rotatable bonds is 4. The fourth-order valence-corrected chi connectivity index (χ4v) is 3.96. The smallest absolute Gasteiger partial charge is 0.231 e. The Kier molecular flexibility index (Phi) is 3.83. The maximum absolute atomic E-state index is 14.2. The standard InChI is InChI=1S/C18H19F2N3O2/c19-11-4-1-5-12(20)15(11)18(6-2-7-18)17(25)22-13-10-14(24)16(13)23-9-3-8-21-23/h1,3-5,8-9,13-14,16,24H,2,6-7,10H2,(H,22,25)/t13-,14+,16+/m0/s1. The number of amides is 1. The summed E-state index contributed by atoms with van der Waals surface area (Å²) in [7, 11) is 0. The first-order valence-corrected chi connectivity index (χ1v) is 8.45. The van der Waals surface area contributed by atoms with Gasteiger partial charge in [-0.25, -0.2) is 8.78 Å². The first-order valence-electron chi connectivity index (χ1n) is 8.45. The normalized spacial score (nSPS) is 27.2. The lowest BCUT2D eigenvalue weighted by atomic mass is 9.63. The van der Waals surface area contributed by atoms with Crippen LogP contribution >= 0.6 is 0 Å². The fourth-order valence-electron chi connectivity index (χ4n) is 3.96. The SMILES string of the molecule is O=C(N[C@H]1C[C@@H](O)[C@@H]1n1cccn1)C1(c2c(F)cccc2F)CCC1. The van der Waals surface area contributed by atoms with Crippen molar-refractivity contribution in [3.63, 3.8) is 0 Å². The number of aliphatic hydroxyl groups excluding tert-OH is 1. The summed E-state index contributed by atoms with van der Waals surface area (Å²) in [6, 6.07) is 4.74. The van der Waals surface area contributed by atoms with Gasteiger partial charge >= 0.3 is 0 Å². The summed E-state index contributed by atoms with van der Waals surface area (Å²) < 4.78 is 30.1. The fraction of sp³-hybridized carbons (Fsp3) is 0.444. The predicted molar refractivity (Wildman–Crippen MR) is 85.7 cm³/mol. The van der Waals surface area contributed by atoms with Crippen molar-refractivity contribution in [2.24, 2.45) is 0 Å². The average Bonchev–Trinajstić information content (AvgIpc) is 3.01. The van der Waals surface area contributed by atoms with Crippen LogP contribution in [0.2, 0.25) is 0 Å². The van der Waals surface area contributed by atoms with Crippen molar-refractivity contribution in [3.8, 4) is 0 Å². The van der Waals surface area contributed by atoms with E-state index in [-0.39, 0.29) is 23.6 Å². The zero-order valence-electron chi connectivity index (χ0n) is 13.5. The molecule has 2 N–H and O–H groups in total. The number of nitrogens with one attached hydrogen (secondary N) is 1. The van der Waals surface area contributed by atoms with Crippen LogP contribution in [-0.4, -0.2) is 32.9 Å². The molecular formula is C18H19F2N3O2. The maximum atomic E-state index is 14.2. The van der Waals surface area contributed by atoms with E-state index in [0.717, 1.165) is 6.42 Å². The van der Waals surface area contributed by atoms with E-state index in [1.165, 1.54) is 18.2 Å². The Morgan fingerprint density at radius 1 is 1.28 bits per heavy atom. The number of benzene rings is 1. The van der Waals surface area contributed by atoms with Crippen molar-refractivity contribution in [1.82, 2.24) is 15.1 Å². The Balaban J connectivity index is 1.58. The van der Waals surface area contributed by atoms with Crippen molar-refractivity contribution >= 4 is 5.91 Å². The first kappa shape index (κ1) is 16.2. The molecule has 0 saturated heterocycles. The first-order chi connectivity index (χ1) is 12.0. The van der Waals surface area contributed by atoms with E-state index < -0.39 is 23.2 Å². The van der Waals surface area contributed by atoms with Crippen LogP contribution in [0.4, 0.5) is 8.78 Å². The van der Waals surface area contributed by atoms with Crippen molar-refractivity contribution < 1.29 is 18.7 Å². The molecule has 25 heavy (non-hydrogen) atoms. The predicted octanol–water partition coefficient (Wildman–Crippen LogP) is 2.07. The Labute approximate surface area is 143 Å². The number of aliphatic hydroxyl groups is 1. The van der Waals surface area contributed by atoms with Crippen LogP contribution in [0, 0.1) is 11.6 Å². The molecule has 2 aliphatic rings. The molecule has 5 nitrogen and oxygen atoms in total. The molecule has 7 heteroatoms. The number of hydrogen-bond donors (Lipinski definition) is 2. The molecule has 0 spiro atoms. The minimum absolute atomic E-state index is 0.144. The van der Waals surface area contributed by atoms with Gasteiger partial charge < -0.3 is 10.4 Å². The van der Waals surface area contributed by atoms with Gasteiger partial charge in [0.1, 0.15) is 11.6 Å². The van der Waals surface area contributed by atoms with Crippen LogP contribution in [0.25, 0.3) is 0 Å². The van der Waals surface area contributed by atoms with Gasteiger partial charge in [0.05, 0.1) is 23.6 Å². The summed E-state index contributed by atoms with van der Waals surface area (Å²) >= 11 is 0. The largest absolute Gasteiger partial charge is 0.391 e. The molecule has 2 aliphatic carbocycles. The van der Waals surface area contributed by atoms with Crippen molar-refractivity contribution in [2.45, 2.75) is 49.3 Å². The van der Waals surface area contributed by atoms with Gasteiger partial charge in [-0.15, -0.1) is 0 Å². The molecule has 1 aromatic carbocycles. The molecular weight excluding hydrogens is 328 g/mol. The number of carbonyl (C=O) groups excluding carboxylic acids is 1. The maximum Gasteiger partial charge on any atom is 0.231 e. The van der Waals surface area contributed by atoms with E-state index in [4.69, 9.17) is 0 Å². The van der Waals surface area contributed by atoms with Gasteiger partial charge in [0.15, 0.2) is 0 Å². The summed E-state index contributed by atoms with van der Waals surface area (Å²) in [5.41, 5.74) is -1.31. The van der Waals surface area contributed by atoms with E-state index in [0.29, 0.717) is 19.3 Å². The molecule has 1 heterocycles. The summed E-state index contributed by atoms with van der Waals surface area (Å²) in [6.07, 6.45) is 4.70. The zero-order valence-corrected chi connectivity index (χ0v) is 13.5. The second kappa shape index (κ2) is 5.91. The quantitative estimate of drug-likeness (QED) is 0.890. The Hall–Kier alpha value is -2.28. The van der Waals surface area contributed by atoms with Gasteiger partial charge in [0.2, 0.25) is 5.91 Å². The van der Waals surface area contributed by atoms with Crippen LogP contribution in [-0.2, 0) is 10.2 Å². The van der Waals surface area contributed by atoms with Gasteiger partial charge in [-0.05, 0) is 37.5 Å². The van der Waals surface area contributed by atoms with E-state index in [9.17, 15) is 18.7 Å². The van der Waals surface area contributed by atoms with Gasteiger partial charge in [0, 0.05) is 18.0 Å². The molecule has 132 valence electrons. The Morgan fingerprint density at radius 3 is 2.52 bits per heavy atom. The molecule has 2 aromatic rings. The lowest BCUT2D eigenvalue weighted by Crippen LogP contribution is -2.61. The molecule has 0 bridgehead atoms. The van der Waals surface area contributed by atoms with Crippen molar-refractivity contribution in [2.75, 3.05) is 0 Å². The van der Waals surface area contributed by atoms with Crippen molar-refractivity contribution in [3.05, 3.63) is 53.9 Å². The van der Waals surface area contributed by atoms with Crippen molar-refractivity contribution in [1.29, 1.82) is 0 Å². The third kappa shape index (κ3) is 2.45. The lowest BCUT2D eigenvalue weighted by molar-refractivity contribution is -0.133. The van der Waals surface area contributed by atoms with Gasteiger partial charge in [-0.2, -0.15) is 5.10 Å². The topological polar surface area (TPSA) is 67.2 Å². The molecule has 1 amide bonds. The van der Waals surface area contributed by atoms with Crippen LogP contribution in [0.5, 0.6) is 0 Å². The van der Waals surface area contributed by atoms with Crippen LogP contribution in [0.15, 0.2) is 36.7 Å². The van der Waals surface area contributed by atoms with Crippen LogP contribution in [0.1, 0.15) is 37.3 Å². The molecule has 0 radical (unpaired) electrons. The zero-order chi connectivity index (χ0) is 17.6. The number of aromatic nitrogens is 2. The monoisotopic (exact) mass is 347 g/mol. The summed E-state index contributed by atoms with van der Waals surface area (Å²) in [5.74, 6) is -1.75. The molecule has 0 unspecified atom stereocenters. The number of nitrogens with zero attached hydrogens (tertiary/aromatic N) is 2. The summed E-state index contributed by atoms with van der Waals surface area (Å²) in [5, 5.41) is 17.0. The van der Waals surface area contributed by atoms with Gasteiger partial charge in [-0.3, -0.25) is 9.48 Å². The Morgan fingerprint density at radius 2 is 2.00 bits per heavy atom. The number of carbonyl (C=O) groups is 1. The highest BCUT2D eigenvalue weighted by molar-refractivity contribution is 5.89. The highest BCUT2D eigenvalue weighted by atomic mass is 19.1. The highest BCUT2D eigenvalue weighted by Gasteiger charge is 2.51. The molecule has 0 aliphatic heterocycles. The van der Waals surface area contributed by atoms with Gasteiger partial charge in [-0.1, -0.05) is 12.5 Å². The van der Waals surface area contributed by atoms with E-state index in [2.05, 4.69) is 10.4 Å². The molecule has 2 fully saturated rings. The second-order valence-electron chi connectivity index (χ2n) is 6.89. The third-order valence-electron chi connectivity index (χ3n) is 5.53. The molecule has 3 atom stereocenters. The minimum atomic E-state index is -1.16. The highest BCUT2D eigenvalue weighted by Crippen LogP contribution is 2.46. The number of hydrogen-bond acceptors (Lipinski definition) is 3. The summed E-state index contributed by atoms with van der Waals surface area (Å²) in [6.45, 7) is 0. The van der Waals surface area contributed by atoms with Gasteiger partial charge in [0.25, 0.3) is 0 Å². The molecule has 4 rings (SSSR count). The van der Waals surface area contributed by atoms with E-state index >= 15 is 0 Å². The van der Waals surface area contributed by atoms with Crippen LogP contribution < -0.4 is 5.32 Å². The summed E-state index contributed by atoms with van der Waals surface area (Å²) in [4.78, 5) is 12.9. The molecule has 2 saturated carbocycles. The molecule has 1 aromatic heterocycles. The Bertz CT molecular complexity index is 769. The second-order valence-corrected chi connectivity index (χ2v) is 6.89. The third-order valence-corrected chi connectivity index (χ3v) is 5.53. The average molecular weight is 347 g/mol. The minimum Gasteiger partial charge on any atom is -0.391 e. The van der Waals surface area contributed by atoms with Crippen LogP contribution in [0.3, 0.4) is 0 Å². The van der Waals surface area contributed by atoms with E-state index in [1.54, 1.807) is 23.1 Å². The lowest BCUT2D eigenvalue weighted by Gasteiger charge is -2.46. The van der Waals surface area contributed by atoms with E-state index in [1.807, 2.05) is 0 Å².